The van der Waals surface area contributed by atoms with E-state index in [-0.39, 0.29) is 5.91 Å². The van der Waals surface area contributed by atoms with Gasteiger partial charge in [0.1, 0.15) is 11.5 Å². The summed E-state index contributed by atoms with van der Waals surface area (Å²) in [6.07, 6.45) is 7.76. The molecule has 2 atom stereocenters. The minimum Gasteiger partial charge on any atom is -0.481 e. The lowest BCUT2D eigenvalue weighted by molar-refractivity contribution is -0.147. The first-order chi connectivity index (χ1) is 18.3. The van der Waals surface area contributed by atoms with Gasteiger partial charge in [0, 0.05) is 5.69 Å². The Labute approximate surface area is 225 Å². The van der Waals surface area contributed by atoms with Gasteiger partial charge in [-0.15, -0.1) is 0 Å². The third kappa shape index (κ3) is 7.12. The molecule has 5 nitrogen and oxygen atoms in total. The molecule has 0 radical (unpaired) electrons. The highest BCUT2D eigenvalue weighted by molar-refractivity contribution is 5.96. The van der Waals surface area contributed by atoms with Gasteiger partial charge in [0.05, 0.1) is 11.8 Å². The van der Waals surface area contributed by atoms with Crippen LogP contribution in [-0.2, 0) is 16.0 Å². The zero-order valence-corrected chi connectivity index (χ0v) is 22.4. The zero-order valence-electron chi connectivity index (χ0n) is 22.4. The summed E-state index contributed by atoms with van der Waals surface area (Å²) in [5.41, 5.74) is 5.00. The highest BCUT2D eigenvalue weighted by atomic mass is 16.5. The molecule has 2 N–H and O–H groups in total. The number of hydrogen-bond acceptors (Lipinski definition) is 3. The fourth-order valence-corrected chi connectivity index (χ4v) is 4.98. The summed E-state index contributed by atoms with van der Waals surface area (Å²) >= 11 is 0. The summed E-state index contributed by atoms with van der Waals surface area (Å²) in [6, 6.07) is 21.8. The monoisotopic (exact) mass is 511 g/mol. The van der Waals surface area contributed by atoms with Gasteiger partial charge in [-0.2, -0.15) is 0 Å². The molecule has 198 valence electrons. The van der Waals surface area contributed by atoms with E-state index in [1.54, 1.807) is 0 Å². The van der Waals surface area contributed by atoms with Crippen molar-refractivity contribution in [2.45, 2.75) is 52.9 Å². The smallest absolute Gasteiger partial charge is 0.307 e. The SMILES string of the molecule is Cc1ccc(Oc2ccc(NC(=O)C3CCCCC3C(=O)O)c(Cc3ccccc3)c2)cc1/C=C\C(C)C. The first-order valence-corrected chi connectivity index (χ1v) is 13.5. The maximum Gasteiger partial charge on any atom is 0.307 e. The van der Waals surface area contributed by atoms with Gasteiger partial charge in [0.15, 0.2) is 0 Å². The van der Waals surface area contributed by atoms with Crippen LogP contribution in [0.3, 0.4) is 0 Å². The van der Waals surface area contributed by atoms with Crippen LogP contribution in [0.2, 0.25) is 0 Å². The van der Waals surface area contributed by atoms with Crippen molar-refractivity contribution in [3.63, 3.8) is 0 Å². The number of carbonyl (C=O) groups excluding carboxylic acids is 1. The third-order valence-electron chi connectivity index (χ3n) is 7.14. The second-order valence-corrected chi connectivity index (χ2v) is 10.5. The quantitative estimate of drug-likeness (QED) is 0.306. The van der Waals surface area contributed by atoms with E-state index in [9.17, 15) is 14.7 Å². The van der Waals surface area contributed by atoms with Gasteiger partial charge < -0.3 is 15.2 Å². The van der Waals surface area contributed by atoms with E-state index in [2.05, 4.69) is 44.3 Å². The van der Waals surface area contributed by atoms with Crippen molar-refractivity contribution < 1.29 is 19.4 Å². The highest BCUT2D eigenvalue weighted by Crippen LogP contribution is 2.33. The number of nitrogens with one attached hydrogen (secondary N) is 1. The number of carboxylic acid groups (broad SMARTS) is 1. The molecule has 0 spiro atoms. The standard InChI is InChI=1S/C33H37NO4/c1-22(2)13-15-25-20-27(16-14-23(25)3)38-28-17-18-31(26(21-28)19-24-9-5-4-6-10-24)34-32(35)29-11-7-8-12-30(29)33(36)37/h4-6,9-10,13-18,20-22,29-30H,7-8,11-12,19H2,1-3H3,(H,34,35)(H,36,37)/b15-13-. The average Bonchev–Trinajstić information content (AvgIpc) is 2.91. The van der Waals surface area contributed by atoms with Gasteiger partial charge in [0.2, 0.25) is 5.91 Å². The molecule has 0 aliphatic heterocycles. The van der Waals surface area contributed by atoms with E-state index in [0.29, 0.717) is 36.6 Å². The summed E-state index contributed by atoms with van der Waals surface area (Å²) in [6.45, 7) is 6.38. The molecule has 1 aliphatic rings. The van der Waals surface area contributed by atoms with E-state index in [1.165, 1.54) is 5.56 Å². The summed E-state index contributed by atoms with van der Waals surface area (Å²) < 4.78 is 6.26. The first-order valence-electron chi connectivity index (χ1n) is 13.5. The molecule has 3 aromatic carbocycles. The lowest BCUT2D eigenvalue weighted by atomic mass is 9.78. The number of anilines is 1. The molecule has 1 fully saturated rings. The molecular weight excluding hydrogens is 474 g/mol. The molecule has 2 unspecified atom stereocenters. The van der Waals surface area contributed by atoms with Crippen molar-refractivity contribution in [3.8, 4) is 11.5 Å². The normalized spacial score (nSPS) is 17.5. The van der Waals surface area contributed by atoms with Crippen molar-refractivity contribution in [2.75, 3.05) is 5.32 Å². The Kier molecular flexibility index (Phi) is 9.01. The second kappa shape index (κ2) is 12.6. The fourth-order valence-electron chi connectivity index (χ4n) is 4.98. The van der Waals surface area contributed by atoms with Crippen molar-refractivity contribution >= 4 is 23.6 Å². The molecule has 38 heavy (non-hydrogen) atoms. The highest BCUT2D eigenvalue weighted by Gasteiger charge is 2.35. The summed E-state index contributed by atoms with van der Waals surface area (Å²) in [7, 11) is 0. The minimum atomic E-state index is -0.890. The van der Waals surface area contributed by atoms with Crippen molar-refractivity contribution in [1.82, 2.24) is 0 Å². The van der Waals surface area contributed by atoms with Crippen LogP contribution in [0.4, 0.5) is 5.69 Å². The Bertz CT molecular complexity index is 1300. The molecule has 1 saturated carbocycles. The van der Waals surface area contributed by atoms with Crippen LogP contribution in [0.15, 0.2) is 72.8 Å². The largest absolute Gasteiger partial charge is 0.481 e. The van der Waals surface area contributed by atoms with Crippen molar-refractivity contribution in [1.29, 1.82) is 0 Å². The molecule has 1 aliphatic carbocycles. The molecule has 1 amide bonds. The lowest BCUT2D eigenvalue weighted by Gasteiger charge is -2.27. The van der Waals surface area contributed by atoms with E-state index in [4.69, 9.17) is 4.74 Å². The summed E-state index contributed by atoms with van der Waals surface area (Å²) in [5, 5.41) is 12.7. The van der Waals surface area contributed by atoms with Gasteiger partial charge in [-0.05, 0) is 84.7 Å². The number of aryl methyl sites for hydroxylation is 1. The van der Waals surface area contributed by atoms with Crippen LogP contribution in [0.25, 0.3) is 6.08 Å². The van der Waals surface area contributed by atoms with Crippen LogP contribution in [0.5, 0.6) is 11.5 Å². The average molecular weight is 512 g/mol. The van der Waals surface area contributed by atoms with Crippen molar-refractivity contribution in [2.24, 2.45) is 17.8 Å². The number of hydrogen-bond donors (Lipinski definition) is 2. The van der Waals surface area contributed by atoms with Crippen LogP contribution >= 0.6 is 0 Å². The molecule has 5 heteroatoms. The summed E-state index contributed by atoms with van der Waals surface area (Å²) in [4.78, 5) is 25.0. The maximum atomic E-state index is 13.2. The Balaban J connectivity index is 1.60. The number of carbonyl (C=O) groups is 2. The number of amides is 1. The number of rotatable bonds is 9. The number of ether oxygens (including phenoxy) is 1. The minimum absolute atomic E-state index is 0.222. The predicted octanol–water partition coefficient (Wildman–Crippen LogP) is 7.88. The Morgan fingerprint density at radius 2 is 1.66 bits per heavy atom. The Morgan fingerprint density at radius 3 is 2.37 bits per heavy atom. The molecular formula is C33H37NO4. The van der Waals surface area contributed by atoms with Crippen molar-refractivity contribution in [3.05, 3.63) is 95.1 Å². The van der Waals surface area contributed by atoms with Gasteiger partial charge in [-0.25, -0.2) is 0 Å². The number of aliphatic carboxylic acids is 1. The molecule has 0 bridgehead atoms. The van der Waals surface area contributed by atoms with Crippen LogP contribution < -0.4 is 10.1 Å². The van der Waals surface area contributed by atoms with Crippen LogP contribution in [0, 0.1) is 24.7 Å². The molecule has 3 aromatic rings. The fraction of sp³-hybridized carbons (Fsp3) is 0.333. The number of carboxylic acids is 1. The first kappa shape index (κ1) is 27.2. The van der Waals surface area contributed by atoms with Gasteiger partial charge >= 0.3 is 5.97 Å². The van der Waals surface area contributed by atoms with Gasteiger partial charge in [-0.3, -0.25) is 9.59 Å². The Morgan fingerprint density at radius 1 is 0.974 bits per heavy atom. The number of benzene rings is 3. The topological polar surface area (TPSA) is 75.6 Å². The lowest BCUT2D eigenvalue weighted by Crippen LogP contribution is -2.36. The van der Waals surface area contributed by atoms with E-state index >= 15 is 0 Å². The van der Waals surface area contributed by atoms with Gasteiger partial charge in [-0.1, -0.05) is 75.2 Å². The number of allylic oxidation sites excluding steroid dienone is 1. The molecule has 0 saturated heterocycles. The second-order valence-electron chi connectivity index (χ2n) is 10.5. The maximum absolute atomic E-state index is 13.2. The third-order valence-corrected chi connectivity index (χ3v) is 7.14. The predicted molar refractivity (Wildman–Crippen MR) is 153 cm³/mol. The van der Waals surface area contributed by atoms with E-state index in [1.807, 2.05) is 60.7 Å². The summed E-state index contributed by atoms with van der Waals surface area (Å²) in [5.74, 6) is -0.387. The van der Waals surface area contributed by atoms with Crippen LogP contribution in [0.1, 0.15) is 61.8 Å². The Hall–Kier alpha value is -3.86. The molecule has 0 heterocycles. The van der Waals surface area contributed by atoms with E-state index in [0.717, 1.165) is 35.3 Å². The zero-order chi connectivity index (χ0) is 27.1. The molecule has 0 aromatic heterocycles. The van der Waals surface area contributed by atoms with Crippen LogP contribution in [-0.4, -0.2) is 17.0 Å². The van der Waals surface area contributed by atoms with E-state index < -0.39 is 17.8 Å². The van der Waals surface area contributed by atoms with Gasteiger partial charge in [0.25, 0.3) is 0 Å². The molecule has 4 rings (SSSR count).